The fraction of sp³-hybridized carbons (Fsp3) is 0.185. The molecule has 0 amide bonds. The van der Waals surface area contributed by atoms with Crippen molar-refractivity contribution in [2.24, 2.45) is 0 Å². The monoisotopic (exact) mass is 475 g/mol. The van der Waals surface area contributed by atoms with Crippen LogP contribution in [0.3, 0.4) is 0 Å². The summed E-state index contributed by atoms with van der Waals surface area (Å²) < 4.78 is 0. The summed E-state index contributed by atoms with van der Waals surface area (Å²) in [5.41, 5.74) is 4.28. The topological polar surface area (TPSA) is 44.4 Å². The fourth-order valence-electron chi connectivity index (χ4n) is 4.03. The zero-order valence-corrected chi connectivity index (χ0v) is 20.2. The van der Waals surface area contributed by atoms with Gasteiger partial charge in [-0.15, -0.1) is 0 Å². The zero-order chi connectivity index (χ0) is 23.4. The van der Waals surface area contributed by atoms with Gasteiger partial charge in [0, 0.05) is 34.5 Å². The van der Waals surface area contributed by atoms with E-state index >= 15 is 0 Å². The number of benzene rings is 3. The van der Waals surface area contributed by atoms with E-state index in [4.69, 9.17) is 23.8 Å². The summed E-state index contributed by atoms with van der Waals surface area (Å²) in [7, 11) is 2.00. The van der Waals surface area contributed by atoms with Crippen LogP contribution < -0.4 is 10.6 Å². The maximum Gasteiger partial charge on any atom is 0.208 e. The van der Waals surface area contributed by atoms with Gasteiger partial charge in [-0.05, 0) is 86.1 Å². The van der Waals surface area contributed by atoms with Gasteiger partial charge in [0.05, 0.1) is 5.70 Å². The molecule has 3 aromatic rings. The minimum absolute atomic E-state index is 0.0249. The summed E-state index contributed by atoms with van der Waals surface area (Å²) in [4.78, 5) is 15.1. The number of carbonyl (C=O) groups is 1. The second-order valence-electron chi connectivity index (χ2n) is 8.50. The summed E-state index contributed by atoms with van der Waals surface area (Å²) in [6, 6.07) is 25.1. The second kappa shape index (κ2) is 9.77. The van der Waals surface area contributed by atoms with Crippen molar-refractivity contribution in [3.63, 3.8) is 0 Å². The summed E-state index contributed by atoms with van der Waals surface area (Å²) in [5, 5.41) is 7.57. The number of likely N-dealkylation sites (N-methyl/N-ethyl adjacent to an activating group) is 1. The van der Waals surface area contributed by atoms with Gasteiger partial charge in [0.1, 0.15) is 0 Å². The third-order valence-corrected chi connectivity index (χ3v) is 6.53. The number of hydrogen-bond donors (Lipinski definition) is 2. The average molecular weight is 476 g/mol. The van der Waals surface area contributed by atoms with Crippen molar-refractivity contribution in [3.05, 3.63) is 107 Å². The average Bonchev–Trinajstić information content (AvgIpc) is 3.10. The lowest BCUT2D eigenvalue weighted by atomic mass is 9.90. The van der Waals surface area contributed by atoms with Gasteiger partial charge in [0.2, 0.25) is 5.78 Å². The molecule has 168 valence electrons. The van der Waals surface area contributed by atoms with E-state index in [0.717, 1.165) is 29.9 Å². The first-order valence-corrected chi connectivity index (χ1v) is 11.6. The Hall–Kier alpha value is -3.15. The van der Waals surface area contributed by atoms with Crippen LogP contribution >= 0.6 is 23.8 Å². The Kier molecular flexibility index (Phi) is 6.82. The van der Waals surface area contributed by atoms with Gasteiger partial charge < -0.3 is 15.5 Å². The molecule has 0 spiro atoms. The zero-order valence-electron chi connectivity index (χ0n) is 18.6. The van der Waals surface area contributed by atoms with Crippen LogP contribution in [0.25, 0.3) is 0 Å². The molecule has 1 atom stereocenters. The molecule has 1 aliphatic rings. The summed E-state index contributed by atoms with van der Waals surface area (Å²) in [5.74, 6) is 0.0249. The Labute approximate surface area is 205 Å². The molecule has 0 fully saturated rings. The van der Waals surface area contributed by atoms with Crippen LogP contribution in [0.2, 0.25) is 5.02 Å². The maximum absolute atomic E-state index is 13.0. The van der Waals surface area contributed by atoms with Crippen LogP contribution in [-0.2, 0) is 6.42 Å². The number of ketones is 1. The molecule has 0 saturated carbocycles. The van der Waals surface area contributed by atoms with E-state index in [1.54, 1.807) is 24.3 Å². The maximum atomic E-state index is 13.0. The SMILES string of the molecule is CN1C(C(=O)c2ccc(Cl)cc2)=CCC1(C)Cc1ccc(NC(=S)Nc2ccccc2)cc1. The van der Waals surface area contributed by atoms with Crippen molar-refractivity contribution in [3.8, 4) is 0 Å². The predicted molar refractivity (Wildman–Crippen MR) is 141 cm³/mol. The standard InChI is InChI=1S/C27H26ClN3OS/c1-27(17-16-24(31(27)2)25(32)20-10-12-21(28)13-11-20)18-19-8-14-23(15-9-19)30-26(33)29-22-6-4-3-5-7-22/h3-16H,17-18H2,1-2H3,(H2,29,30,33). The number of thiocarbonyl (C=S) groups is 1. The molecule has 1 heterocycles. The Bertz CT molecular complexity index is 1180. The first-order chi connectivity index (χ1) is 15.8. The molecule has 4 nitrogen and oxygen atoms in total. The van der Waals surface area contributed by atoms with Crippen molar-refractivity contribution >= 4 is 46.1 Å². The van der Waals surface area contributed by atoms with Gasteiger partial charge in [0.25, 0.3) is 0 Å². The van der Waals surface area contributed by atoms with Gasteiger partial charge in [0.15, 0.2) is 5.11 Å². The van der Waals surface area contributed by atoms with Gasteiger partial charge in [-0.3, -0.25) is 4.79 Å². The quantitative estimate of drug-likeness (QED) is 0.312. The van der Waals surface area contributed by atoms with E-state index in [9.17, 15) is 4.79 Å². The molecule has 1 unspecified atom stereocenters. The molecule has 2 N–H and O–H groups in total. The van der Waals surface area contributed by atoms with E-state index in [0.29, 0.717) is 15.7 Å². The fourth-order valence-corrected chi connectivity index (χ4v) is 4.39. The highest BCUT2D eigenvalue weighted by atomic mass is 35.5. The molecule has 3 aromatic carbocycles. The molecular weight excluding hydrogens is 450 g/mol. The summed E-state index contributed by atoms with van der Waals surface area (Å²) in [6.45, 7) is 2.19. The van der Waals surface area contributed by atoms with E-state index in [1.165, 1.54) is 5.56 Å². The van der Waals surface area contributed by atoms with Crippen molar-refractivity contribution in [2.75, 3.05) is 17.7 Å². The molecule has 0 aromatic heterocycles. The number of nitrogens with one attached hydrogen (secondary N) is 2. The van der Waals surface area contributed by atoms with Crippen LogP contribution in [0.5, 0.6) is 0 Å². The van der Waals surface area contributed by atoms with E-state index in [2.05, 4.69) is 34.6 Å². The molecule has 6 heteroatoms. The molecule has 0 saturated heterocycles. The van der Waals surface area contributed by atoms with Crippen molar-refractivity contribution in [1.29, 1.82) is 0 Å². The van der Waals surface area contributed by atoms with Crippen LogP contribution in [0.15, 0.2) is 90.6 Å². The highest BCUT2D eigenvalue weighted by Gasteiger charge is 2.37. The molecule has 33 heavy (non-hydrogen) atoms. The molecule has 0 aliphatic carbocycles. The minimum Gasteiger partial charge on any atom is -0.366 e. The molecule has 0 bridgehead atoms. The number of rotatable bonds is 6. The van der Waals surface area contributed by atoms with Gasteiger partial charge in [-0.2, -0.15) is 0 Å². The number of halogens is 1. The van der Waals surface area contributed by atoms with Crippen molar-refractivity contribution in [1.82, 2.24) is 4.90 Å². The number of Topliss-reactive ketones (excluding diaryl/α,β-unsaturated/α-hetero) is 1. The molecule has 0 radical (unpaired) electrons. The van der Waals surface area contributed by atoms with Crippen LogP contribution in [0.4, 0.5) is 11.4 Å². The summed E-state index contributed by atoms with van der Waals surface area (Å²) in [6.07, 6.45) is 3.67. The number of allylic oxidation sites excluding steroid dienone is 1. The van der Waals surface area contributed by atoms with Gasteiger partial charge in [-0.1, -0.05) is 48.0 Å². The lowest BCUT2D eigenvalue weighted by molar-refractivity contribution is 0.0967. The van der Waals surface area contributed by atoms with E-state index < -0.39 is 0 Å². The summed E-state index contributed by atoms with van der Waals surface area (Å²) >= 11 is 11.4. The number of anilines is 2. The Morgan fingerprint density at radius 3 is 2.21 bits per heavy atom. The first kappa shape index (κ1) is 23.0. The smallest absolute Gasteiger partial charge is 0.208 e. The van der Waals surface area contributed by atoms with Crippen LogP contribution in [0, 0.1) is 0 Å². The number of hydrogen-bond acceptors (Lipinski definition) is 3. The normalized spacial score (nSPS) is 17.4. The largest absolute Gasteiger partial charge is 0.366 e. The second-order valence-corrected chi connectivity index (χ2v) is 9.35. The van der Waals surface area contributed by atoms with E-state index in [1.807, 2.05) is 55.6 Å². The minimum atomic E-state index is -0.170. The highest BCUT2D eigenvalue weighted by Crippen LogP contribution is 2.35. The lowest BCUT2D eigenvalue weighted by Gasteiger charge is -2.36. The Morgan fingerprint density at radius 1 is 0.970 bits per heavy atom. The van der Waals surface area contributed by atoms with E-state index in [-0.39, 0.29) is 11.3 Å². The molecular formula is C27H26ClN3OS. The van der Waals surface area contributed by atoms with Gasteiger partial charge in [-0.25, -0.2) is 0 Å². The number of carbonyl (C=O) groups excluding carboxylic acids is 1. The van der Waals surface area contributed by atoms with Crippen molar-refractivity contribution < 1.29 is 4.79 Å². The lowest BCUT2D eigenvalue weighted by Crippen LogP contribution is -2.42. The predicted octanol–water partition coefficient (Wildman–Crippen LogP) is 6.55. The number of para-hydroxylation sites is 1. The molecule has 4 rings (SSSR count). The van der Waals surface area contributed by atoms with Crippen LogP contribution in [0.1, 0.15) is 29.3 Å². The number of nitrogens with zero attached hydrogens (tertiary/aromatic N) is 1. The van der Waals surface area contributed by atoms with Crippen molar-refractivity contribution in [2.45, 2.75) is 25.3 Å². The third-order valence-electron chi connectivity index (χ3n) is 6.07. The Balaban J connectivity index is 1.37. The Morgan fingerprint density at radius 2 is 1.58 bits per heavy atom. The third kappa shape index (κ3) is 5.44. The van der Waals surface area contributed by atoms with Gasteiger partial charge >= 0.3 is 0 Å². The molecule has 1 aliphatic heterocycles. The highest BCUT2D eigenvalue weighted by molar-refractivity contribution is 7.80. The van der Waals surface area contributed by atoms with Crippen LogP contribution in [-0.4, -0.2) is 28.4 Å². The first-order valence-electron chi connectivity index (χ1n) is 10.8.